The van der Waals surface area contributed by atoms with Gasteiger partial charge in [0.05, 0.1) is 24.9 Å². The highest BCUT2D eigenvalue weighted by Crippen LogP contribution is 2.39. The van der Waals surface area contributed by atoms with Crippen LogP contribution in [-0.2, 0) is 0 Å². The van der Waals surface area contributed by atoms with E-state index in [1.165, 1.54) is 0 Å². The van der Waals surface area contributed by atoms with Crippen molar-refractivity contribution >= 4 is 17.8 Å². The number of unbranched alkanes of at least 4 members (excludes halogenated alkanes) is 1. The van der Waals surface area contributed by atoms with Gasteiger partial charge in [-0.25, -0.2) is 0 Å². The molecule has 5 heteroatoms. The number of fused-ring (bicyclic) bond motifs is 1. The molecule has 0 aromatic heterocycles. The number of ether oxygens (including phenoxy) is 2. The number of rotatable bonds is 7. The largest absolute Gasteiger partial charge is 0.493 e. The minimum absolute atomic E-state index is 0.00563. The van der Waals surface area contributed by atoms with E-state index < -0.39 is 0 Å². The fourth-order valence-electron chi connectivity index (χ4n) is 2.50. The van der Waals surface area contributed by atoms with E-state index in [4.69, 9.17) is 9.47 Å². The molecule has 0 fully saturated rings. The second kappa shape index (κ2) is 7.89. The van der Waals surface area contributed by atoms with E-state index in [2.05, 4.69) is 25.8 Å². The Balaban J connectivity index is 2.40. The van der Waals surface area contributed by atoms with Gasteiger partial charge in [0.2, 0.25) is 0 Å². The van der Waals surface area contributed by atoms with Crippen molar-refractivity contribution in [1.29, 1.82) is 0 Å². The minimum Gasteiger partial charge on any atom is -0.493 e. The second-order valence-electron chi connectivity index (χ2n) is 7.30. The zero-order chi connectivity index (χ0) is 18.6. The topological polar surface area (TPSA) is 51.1 Å². The highest BCUT2D eigenvalue weighted by molar-refractivity contribution is 6.02. The van der Waals surface area contributed by atoms with Crippen LogP contribution in [0.4, 0.5) is 5.69 Å². The van der Waals surface area contributed by atoms with Gasteiger partial charge in [0.25, 0.3) is 5.91 Å². The lowest BCUT2D eigenvalue weighted by molar-refractivity contribution is 0.0569. The van der Waals surface area contributed by atoms with E-state index in [-0.39, 0.29) is 11.5 Å². The van der Waals surface area contributed by atoms with Crippen LogP contribution in [0, 0.1) is 5.92 Å². The van der Waals surface area contributed by atoms with Gasteiger partial charge < -0.3 is 14.4 Å². The SMILES string of the molecule is CCCCN1CC=Nc2cc(OC(C)(C)C(C)C)c(OC)cc2C1=O. The molecule has 0 saturated carbocycles. The highest BCUT2D eigenvalue weighted by Gasteiger charge is 2.28. The molecule has 0 radical (unpaired) electrons. The number of hydrogen-bond acceptors (Lipinski definition) is 4. The Hall–Kier alpha value is -2.04. The maximum absolute atomic E-state index is 12.9. The summed E-state index contributed by atoms with van der Waals surface area (Å²) < 4.78 is 11.7. The minimum atomic E-state index is -0.354. The fraction of sp³-hybridized carbons (Fsp3) is 0.600. The van der Waals surface area contributed by atoms with Gasteiger partial charge in [-0.05, 0) is 32.3 Å². The van der Waals surface area contributed by atoms with Crippen molar-refractivity contribution in [3.05, 3.63) is 17.7 Å². The van der Waals surface area contributed by atoms with Crippen LogP contribution in [0.5, 0.6) is 11.5 Å². The lowest BCUT2D eigenvalue weighted by Crippen LogP contribution is -2.34. The molecule has 1 amide bonds. The Morgan fingerprint density at radius 3 is 2.60 bits per heavy atom. The Labute approximate surface area is 151 Å². The average Bonchev–Trinajstić information content (AvgIpc) is 2.71. The molecule has 1 aliphatic heterocycles. The van der Waals surface area contributed by atoms with E-state index in [1.807, 2.05) is 24.8 Å². The molecule has 0 atom stereocenters. The summed E-state index contributed by atoms with van der Waals surface area (Å²) in [5.41, 5.74) is 0.850. The molecule has 1 aromatic rings. The predicted octanol–water partition coefficient (Wildman–Crippen LogP) is 4.47. The molecule has 1 aromatic carbocycles. The van der Waals surface area contributed by atoms with Gasteiger partial charge in [-0.2, -0.15) is 0 Å². The van der Waals surface area contributed by atoms with Gasteiger partial charge in [0.15, 0.2) is 11.5 Å². The molecule has 0 N–H and O–H groups in total. The van der Waals surface area contributed by atoms with Crippen LogP contribution in [0.2, 0.25) is 0 Å². The summed E-state index contributed by atoms with van der Waals surface area (Å²) in [5, 5.41) is 0. The molecule has 1 aliphatic rings. The van der Waals surface area contributed by atoms with Gasteiger partial charge in [0.1, 0.15) is 5.60 Å². The first-order valence-electron chi connectivity index (χ1n) is 9.03. The first-order chi connectivity index (χ1) is 11.8. The maximum atomic E-state index is 12.9. The van der Waals surface area contributed by atoms with Crippen molar-refractivity contribution in [2.75, 3.05) is 20.2 Å². The van der Waals surface area contributed by atoms with Crippen LogP contribution in [-0.4, -0.2) is 42.8 Å². The van der Waals surface area contributed by atoms with Gasteiger partial charge in [-0.3, -0.25) is 9.79 Å². The number of amides is 1. The van der Waals surface area contributed by atoms with Gasteiger partial charge in [0, 0.05) is 18.8 Å². The van der Waals surface area contributed by atoms with Crippen LogP contribution < -0.4 is 9.47 Å². The highest BCUT2D eigenvalue weighted by atomic mass is 16.5. The Kier molecular flexibility index (Phi) is 6.09. The summed E-state index contributed by atoms with van der Waals surface area (Å²) in [6.07, 6.45) is 3.83. The van der Waals surface area contributed by atoms with E-state index in [9.17, 15) is 4.79 Å². The van der Waals surface area contributed by atoms with Crippen LogP contribution >= 0.6 is 0 Å². The molecule has 5 nitrogen and oxygen atoms in total. The molecule has 0 bridgehead atoms. The molecule has 25 heavy (non-hydrogen) atoms. The Bertz CT molecular complexity index is 651. The monoisotopic (exact) mass is 346 g/mol. The van der Waals surface area contributed by atoms with Crippen LogP contribution in [0.3, 0.4) is 0 Å². The number of hydrogen-bond donors (Lipinski definition) is 0. The fourth-order valence-corrected chi connectivity index (χ4v) is 2.50. The standard InChI is InChI=1S/C20H30N2O3/c1-7-8-10-22-11-9-21-16-13-18(25-20(4,5)14(2)3)17(24-6)12-15(16)19(22)23/h9,12-14H,7-8,10-11H2,1-6H3. The van der Waals surface area contributed by atoms with Crippen molar-refractivity contribution in [2.24, 2.45) is 10.9 Å². The van der Waals surface area contributed by atoms with Crippen molar-refractivity contribution < 1.29 is 14.3 Å². The summed E-state index contributed by atoms with van der Waals surface area (Å²) in [5.74, 6) is 1.50. The number of aliphatic imine (C=N–C) groups is 1. The molecule has 2 rings (SSSR count). The number of carbonyl (C=O) groups is 1. The molecule has 0 saturated heterocycles. The number of nitrogens with zero attached hydrogens (tertiary/aromatic N) is 2. The molecule has 0 unspecified atom stereocenters. The van der Waals surface area contributed by atoms with E-state index in [0.717, 1.165) is 19.4 Å². The Morgan fingerprint density at radius 1 is 1.28 bits per heavy atom. The number of carbonyl (C=O) groups excluding carboxylic acids is 1. The average molecular weight is 346 g/mol. The van der Waals surface area contributed by atoms with E-state index in [1.54, 1.807) is 19.4 Å². The summed E-state index contributed by atoms with van der Waals surface area (Å²) in [6.45, 7) is 11.7. The smallest absolute Gasteiger partial charge is 0.256 e. The van der Waals surface area contributed by atoms with Crippen molar-refractivity contribution in [3.63, 3.8) is 0 Å². The third-order valence-electron chi connectivity index (χ3n) is 4.88. The maximum Gasteiger partial charge on any atom is 0.256 e. The molecular weight excluding hydrogens is 316 g/mol. The lowest BCUT2D eigenvalue weighted by Gasteiger charge is -2.31. The predicted molar refractivity (Wildman–Crippen MR) is 102 cm³/mol. The lowest BCUT2D eigenvalue weighted by atomic mass is 9.94. The molecule has 1 heterocycles. The summed E-state index contributed by atoms with van der Waals surface area (Å²) in [4.78, 5) is 19.2. The van der Waals surface area contributed by atoms with Gasteiger partial charge >= 0.3 is 0 Å². The first kappa shape index (κ1) is 19.3. The second-order valence-corrected chi connectivity index (χ2v) is 7.30. The molecule has 138 valence electrons. The van der Waals surface area contributed by atoms with Crippen LogP contribution in [0.1, 0.15) is 57.8 Å². The quantitative estimate of drug-likeness (QED) is 0.732. The van der Waals surface area contributed by atoms with Crippen molar-refractivity contribution in [2.45, 2.75) is 53.1 Å². The third-order valence-corrected chi connectivity index (χ3v) is 4.88. The molecule has 0 spiro atoms. The van der Waals surface area contributed by atoms with Crippen LogP contribution in [0.15, 0.2) is 17.1 Å². The van der Waals surface area contributed by atoms with Crippen LogP contribution in [0.25, 0.3) is 0 Å². The van der Waals surface area contributed by atoms with Crippen molar-refractivity contribution in [3.8, 4) is 11.5 Å². The van der Waals surface area contributed by atoms with Gasteiger partial charge in [-0.15, -0.1) is 0 Å². The molecule has 0 aliphatic carbocycles. The summed E-state index contributed by atoms with van der Waals surface area (Å²) in [7, 11) is 1.59. The normalized spacial score (nSPS) is 14.5. The molecular formula is C20H30N2O3. The third kappa shape index (κ3) is 4.33. The van der Waals surface area contributed by atoms with E-state index >= 15 is 0 Å². The summed E-state index contributed by atoms with van der Waals surface area (Å²) in [6, 6.07) is 3.57. The van der Waals surface area contributed by atoms with E-state index in [0.29, 0.717) is 35.2 Å². The first-order valence-corrected chi connectivity index (χ1v) is 9.03. The Morgan fingerprint density at radius 2 is 2.00 bits per heavy atom. The zero-order valence-corrected chi connectivity index (χ0v) is 16.3. The van der Waals surface area contributed by atoms with Crippen molar-refractivity contribution in [1.82, 2.24) is 4.90 Å². The van der Waals surface area contributed by atoms with Gasteiger partial charge in [-0.1, -0.05) is 27.2 Å². The zero-order valence-electron chi connectivity index (χ0n) is 16.3. The summed E-state index contributed by atoms with van der Waals surface area (Å²) >= 11 is 0. The number of benzene rings is 1. The number of methoxy groups -OCH3 is 1.